The summed E-state index contributed by atoms with van der Waals surface area (Å²) in [5.74, 6) is 0. The van der Waals surface area contributed by atoms with E-state index >= 15 is 0 Å². The van der Waals surface area contributed by atoms with E-state index in [0.717, 1.165) is 0 Å². The fraction of sp³-hybridized carbons (Fsp3) is 0. The third kappa shape index (κ3) is 5950. The maximum atomic E-state index is 8.52. The van der Waals surface area contributed by atoms with Gasteiger partial charge in [0.1, 0.15) is 0 Å². The molecule has 0 aliphatic rings. The molecule has 18 heteroatoms. The minimum Gasteiger partial charge on any atom is -0.759 e. The first-order valence-electron chi connectivity index (χ1n) is 2.00. The van der Waals surface area contributed by atoms with Gasteiger partial charge in [-0.1, -0.05) is 0 Å². The molecular formula is H2Ga2O13S3. The molecule has 0 bridgehead atoms. The Bertz CT molecular complexity index is 341. The Morgan fingerprint density at radius 2 is 0.444 bits per heavy atom. The molecule has 104 valence electrons. The fourth-order valence-corrected chi connectivity index (χ4v) is 0. The van der Waals surface area contributed by atoms with Gasteiger partial charge in [-0.3, -0.25) is 25.3 Å². The first kappa shape index (κ1) is 36.4. The predicted molar refractivity (Wildman–Crippen MR) is 46.5 cm³/mol. The molecule has 0 heterocycles. The molecule has 13 nitrogen and oxygen atoms in total. The van der Waals surface area contributed by atoms with Crippen molar-refractivity contribution in [3.05, 3.63) is 0 Å². The van der Waals surface area contributed by atoms with Crippen molar-refractivity contribution in [3.63, 3.8) is 0 Å². The van der Waals surface area contributed by atoms with Crippen molar-refractivity contribution in [3.8, 4) is 0 Å². The molecule has 0 aromatic heterocycles. The predicted octanol–water partition coefficient (Wildman–Crippen LogP) is -5.60. The van der Waals surface area contributed by atoms with Crippen LogP contribution in [-0.2, 0) is 31.2 Å². The molecule has 0 spiro atoms. The average Bonchev–Trinajstić information content (AvgIpc) is 1.41. The normalized spacial score (nSPS) is 9.67. The van der Waals surface area contributed by atoms with Crippen LogP contribution in [0.15, 0.2) is 0 Å². The fourth-order valence-electron chi connectivity index (χ4n) is 0. The van der Waals surface area contributed by atoms with Gasteiger partial charge in [-0.05, 0) is 0 Å². The zero-order valence-electron chi connectivity index (χ0n) is 7.78. The molecule has 18 heavy (non-hydrogen) atoms. The summed E-state index contributed by atoms with van der Waals surface area (Å²) in [6.45, 7) is 0. The Morgan fingerprint density at radius 3 is 0.444 bits per heavy atom. The molecule has 0 rings (SSSR count). The van der Waals surface area contributed by atoms with Gasteiger partial charge < -0.3 is 32.8 Å². The SMILES string of the molecule is O.O=S(=O)([O-])[O-].O=S(=O)([O-])[O-].O=S(=O)([O-])[O-].[Ga+3].[Ga+3]. The average molecular weight is 446 g/mol. The van der Waals surface area contributed by atoms with Gasteiger partial charge >= 0.3 is 39.6 Å². The van der Waals surface area contributed by atoms with Gasteiger partial charge in [-0.2, -0.15) is 0 Å². The van der Waals surface area contributed by atoms with E-state index in [2.05, 4.69) is 0 Å². The zero-order chi connectivity index (χ0) is 13.5. The van der Waals surface area contributed by atoms with Crippen molar-refractivity contribution in [1.29, 1.82) is 0 Å². The molecule has 0 saturated heterocycles. The van der Waals surface area contributed by atoms with Crippen molar-refractivity contribution >= 4 is 70.8 Å². The smallest absolute Gasteiger partial charge is 0.759 e. The molecule has 0 aromatic rings. The van der Waals surface area contributed by atoms with Crippen molar-refractivity contribution < 1.29 is 58.0 Å². The third-order valence-electron chi connectivity index (χ3n) is 0. The van der Waals surface area contributed by atoms with E-state index in [-0.39, 0.29) is 45.1 Å². The van der Waals surface area contributed by atoms with Crippen LogP contribution in [0.25, 0.3) is 0 Å². The van der Waals surface area contributed by atoms with Crippen LogP contribution < -0.4 is 0 Å². The van der Waals surface area contributed by atoms with Gasteiger partial charge in [0.15, 0.2) is 0 Å². The van der Waals surface area contributed by atoms with Crippen LogP contribution in [0.5, 0.6) is 0 Å². The molecule has 0 aliphatic heterocycles. The molecule has 0 amide bonds. The minimum absolute atomic E-state index is 0. The Morgan fingerprint density at radius 1 is 0.444 bits per heavy atom. The van der Waals surface area contributed by atoms with E-state index in [1.54, 1.807) is 0 Å². The van der Waals surface area contributed by atoms with E-state index in [1.165, 1.54) is 0 Å². The molecule has 0 saturated carbocycles. The van der Waals surface area contributed by atoms with Crippen LogP contribution >= 0.6 is 0 Å². The van der Waals surface area contributed by atoms with Crippen LogP contribution in [0.2, 0.25) is 0 Å². The van der Waals surface area contributed by atoms with Gasteiger partial charge in [0, 0.05) is 31.2 Å². The van der Waals surface area contributed by atoms with Crippen molar-refractivity contribution in [2.24, 2.45) is 0 Å². The Hall–Kier alpha value is 0.843. The summed E-state index contributed by atoms with van der Waals surface area (Å²) in [7, 11) is -15.5. The van der Waals surface area contributed by atoms with Crippen LogP contribution in [-0.4, -0.2) is 97.6 Å². The van der Waals surface area contributed by atoms with Crippen molar-refractivity contribution in [2.45, 2.75) is 0 Å². The summed E-state index contributed by atoms with van der Waals surface area (Å²) in [5, 5.41) is 0. The zero-order valence-corrected chi connectivity index (χ0v) is 15.1. The quantitative estimate of drug-likeness (QED) is 0.191. The van der Waals surface area contributed by atoms with E-state index in [0.29, 0.717) is 0 Å². The third-order valence-corrected chi connectivity index (χ3v) is 0. The molecule has 2 N–H and O–H groups in total. The standard InChI is InChI=1S/2Ga.3H2O4S.H2O/c;;3*1-5(2,3)4;/h;;3*(H2,1,2,3,4);1H2/q2*+3;;;;/p-6. The second kappa shape index (κ2) is 14.3. The Balaban J connectivity index is -0.0000000277. The van der Waals surface area contributed by atoms with Gasteiger partial charge in [0.05, 0.1) is 0 Å². The molecule has 0 unspecified atom stereocenters. The van der Waals surface area contributed by atoms with E-state index in [9.17, 15) is 0 Å². The Kier molecular flexibility index (Phi) is 28.8. The monoisotopic (exact) mass is 444 g/mol. The summed E-state index contributed by atoms with van der Waals surface area (Å²) in [6, 6.07) is 0. The maximum Gasteiger partial charge on any atom is 3.00 e. The van der Waals surface area contributed by atoms with Crippen LogP contribution in [0.3, 0.4) is 0 Å². The first-order valence-corrected chi connectivity index (χ1v) is 6.00. The summed E-state index contributed by atoms with van der Waals surface area (Å²) >= 11 is 0. The van der Waals surface area contributed by atoms with Crippen molar-refractivity contribution in [1.82, 2.24) is 0 Å². The van der Waals surface area contributed by atoms with E-state index in [1.807, 2.05) is 0 Å². The molecule has 0 aliphatic carbocycles. The number of hydrogen-bond acceptors (Lipinski definition) is 12. The van der Waals surface area contributed by atoms with Gasteiger partial charge in [0.2, 0.25) is 0 Å². The minimum atomic E-state index is -5.17. The summed E-state index contributed by atoms with van der Waals surface area (Å²) in [6.07, 6.45) is 0. The molecule has 0 atom stereocenters. The molecule has 0 aromatic carbocycles. The number of hydrogen-bond donors (Lipinski definition) is 0. The van der Waals surface area contributed by atoms with Gasteiger partial charge in [-0.25, -0.2) is 0 Å². The summed E-state index contributed by atoms with van der Waals surface area (Å²) in [4.78, 5) is 0. The van der Waals surface area contributed by atoms with E-state index < -0.39 is 31.2 Å². The van der Waals surface area contributed by atoms with Crippen molar-refractivity contribution in [2.75, 3.05) is 0 Å². The molecule has 0 radical (unpaired) electrons. The second-order valence-corrected chi connectivity index (χ2v) is 3.67. The Labute approximate surface area is 128 Å². The van der Waals surface area contributed by atoms with Crippen LogP contribution in [0, 0.1) is 0 Å². The van der Waals surface area contributed by atoms with Gasteiger partial charge in [0.25, 0.3) is 0 Å². The second-order valence-electron chi connectivity index (χ2n) is 1.22. The van der Waals surface area contributed by atoms with Crippen LogP contribution in [0.1, 0.15) is 0 Å². The summed E-state index contributed by atoms with van der Waals surface area (Å²) < 4.78 is 102. The number of rotatable bonds is 0. The molecule has 0 fully saturated rings. The topological polar surface area (TPSA) is 272 Å². The summed E-state index contributed by atoms with van der Waals surface area (Å²) in [5.41, 5.74) is 0. The largest absolute Gasteiger partial charge is 3.00 e. The van der Waals surface area contributed by atoms with E-state index in [4.69, 9.17) is 52.6 Å². The first-order chi connectivity index (χ1) is 6.00. The van der Waals surface area contributed by atoms with Gasteiger partial charge in [-0.15, -0.1) is 0 Å². The molecular weight excluding hydrogens is 444 g/mol. The van der Waals surface area contributed by atoms with Crippen LogP contribution in [0.4, 0.5) is 0 Å². The maximum absolute atomic E-state index is 8.52.